The zero-order chi connectivity index (χ0) is 17.1. The number of piperidine rings is 1. The molecule has 0 radical (unpaired) electrons. The Kier molecular flexibility index (Phi) is 5.34. The van der Waals surface area contributed by atoms with Gasteiger partial charge in [0.2, 0.25) is 5.91 Å². The Morgan fingerprint density at radius 1 is 1.16 bits per heavy atom. The number of nitrogens with zero attached hydrogens (tertiary/aromatic N) is 3. The van der Waals surface area contributed by atoms with E-state index in [4.69, 9.17) is 0 Å². The second-order valence-electron chi connectivity index (χ2n) is 8.13. The van der Waals surface area contributed by atoms with E-state index < -0.39 is 0 Å². The van der Waals surface area contributed by atoms with Gasteiger partial charge >= 0.3 is 0 Å². The molecule has 3 aliphatic heterocycles. The summed E-state index contributed by atoms with van der Waals surface area (Å²) in [6, 6.07) is 1.33. The standard InChI is InChI=1S/C19H31N5O/c25-19(13-14-11-15-7-8-16(12-14)21-15)20-9-4-6-18-23-22-17-5-2-1-3-10-24(17)18/h14-16,21H,1-13H2,(H,20,25). The second-order valence-corrected chi connectivity index (χ2v) is 8.13. The Hall–Kier alpha value is -1.43. The minimum atomic E-state index is 0.228. The Bertz CT molecular complexity index is 587. The number of amides is 1. The van der Waals surface area contributed by atoms with Crippen LogP contribution < -0.4 is 10.6 Å². The van der Waals surface area contributed by atoms with Gasteiger partial charge in [-0.15, -0.1) is 10.2 Å². The van der Waals surface area contributed by atoms with Gasteiger partial charge in [-0.05, 0) is 50.9 Å². The van der Waals surface area contributed by atoms with E-state index in [-0.39, 0.29) is 5.91 Å². The summed E-state index contributed by atoms with van der Waals surface area (Å²) in [4.78, 5) is 12.2. The lowest BCUT2D eigenvalue weighted by atomic mass is 9.89. The number of carbonyl (C=O) groups is 1. The minimum absolute atomic E-state index is 0.228. The van der Waals surface area contributed by atoms with Crippen LogP contribution in [0.5, 0.6) is 0 Å². The first-order valence-electron chi connectivity index (χ1n) is 10.2. The Labute approximate surface area is 150 Å². The molecule has 4 heterocycles. The highest BCUT2D eigenvalue weighted by Gasteiger charge is 2.34. The van der Waals surface area contributed by atoms with Gasteiger partial charge in [-0.3, -0.25) is 4.79 Å². The number of hydrogen-bond acceptors (Lipinski definition) is 4. The molecule has 6 heteroatoms. The van der Waals surface area contributed by atoms with Gasteiger partial charge in [0.1, 0.15) is 11.6 Å². The molecule has 0 aromatic carbocycles. The molecular formula is C19H31N5O. The van der Waals surface area contributed by atoms with Crippen LogP contribution in [0.4, 0.5) is 0 Å². The van der Waals surface area contributed by atoms with E-state index in [2.05, 4.69) is 25.4 Å². The first-order valence-corrected chi connectivity index (χ1v) is 10.2. The largest absolute Gasteiger partial charge is 0.356 e. The number of hydrogen-bond donors (Lipinski definition) is 2. The summed E-state index contributed by atoms with van der Waals surface area (Å²) in [6.45, 7) is 1.81. The number of carbonyl (C=O) groups excluding carboxylic acids is 1. The quantitative estimate of drug-likeness (QED) is 0.773. The lowest BCUT2D eigenvalue weighted by Gasteiger charge is -2.28. The fraction of sp³-hybridized carbons (Fsp3) is 0.842. The van der Waals surface area contributed by atoms with Crippen LogP contribution in [0.25, 0.3) is 0 Å². The molecule has 25 heavy (non-hydrogen) atoms. The van der Waals surface area contributed by atoms with Crippen molar-refractivity contribution in [3.05, 3.63) is 11.6 Å². The Morgan fingerprint density at radius 2 is 2.00 bits per heavy atom. The van der Waals surface area contributed by atoms with Crippen LogP contribution in [0.3, 0.4) is 0 Å². The Morgan fingerprint density at radius 3 is 2.84 bits per heavy atom. The fourth-order valence-electron chi connectivity index (χ4n) is 4.88. The molecule has 0 spiro atoms. The first kappa shape index (κ1) is 17.0. The highest BCUT2D eigenvalue weighted by molar-refractivity contribution is 5.76. The monoisotopic (exact) mass is 345 g/mol. The maximum Gasteiger partial charge on any atom is 0.220 e. The molecule has 2 atom stereocenters. The molecule has 6 nitrogen and oxygen atoms in total. The number of aryl methyl sites for hydroxylation is 2. The van der Waals surface area contributed by atoms with Crippen molar-refractivity contribution in [3.8, 4) is 0 Å². The highest BCUT2D eigenvalue weighted by atomic mass is 16.1. The molecule has 3 aliphatic rings. The number of fused-ring (bicyclic) bond motifs is 3. The van der Waals surface area contributed by atoms with E-state index in [0.717, 1.165) is 44.0 Å². The summed E-state index contributed by atoms with van der Waals surface area (Å²) in [5.74, 6) is 3.05. The minimum Gasteiger partial charge on any atom is -0.356 e. The zero-order valence-electron chi connectivity index (χ0n) is 15.2. The number of aromatic nitrogens is 3. The predicted octanol–water partition coefficient (Wildman–Crippen LogP) is 1.97. The van der Waals surface area contributed by atoms with Crippen LogP contribution in [-0.2, 0) is 24.2 Å². The van der Waals surface area contributed by atoms with E-state index in [1.54, 1.807) is 0 Å². The summed E-state index contributed by atoms with van der Waals surface area (Å²) in [5.41, 5.74) is 0. The van der Waals surface area contributed by atoms with Crippen molar-refractivity contribution >= 4 is 5.91 Å². The van der Waals surface area contributed by atoms with Gasteiger partial charge in [0.25, 0.3) is 0 Å². The van der Waals surface area contributed by atoms with Crippen molar-refractivity contribution in [2.75, 3.05) is 6.54 Å². The maximum atomic E-state index is 12.2. The van der Waals surface area contributed by atoms with Gasteiger partial charge < -0.3 is 15.2 Å². The normalized spacial score (nSPS) is 28.4. The number of rotatable bonds is 6. The third-order valence-corrected chi connectivity index (χ3v) is 6.13. The molecule has 2 unspecified atom stereocenters. The van der Waals surface area contributed by atoms with Gasteiger partial charge in [-0.25, -0.2) is 0 Å². The van der Waals surface area contributed by atoms with Gasteiger partial charge in [0.05, 0.1) is 0 Å². The molecule has 0 saturated carbocycles. The van der Waals surface area contributed by atoms with Crippen molar-refractivity contribution in [1.82, 2.24) is 25.4 Å². The van der Waals surface area contributed by atoms with Gasteiger partial charge in [-0.2, -0.15) is 0 Å². The van der Waals surface area contributed by atoms with Crippen molar-refractivity contribution in [2.24, 2.45) is 5.92 Å². The van der Waals surface area contributed by atoms with Gasteiger partial charge in [0, 0.05) is 44.4 Å². The lowest BCUT2D eigenvalue weighted by Crippen LogP contribution is -2.39. The average molecular weight is 345 g/mol. The third-order valence-electron chi connectivity index (χ3n) is 6.13. The van der Waals surface area contributed by atoms with Crippen molar-refractivity contribution < 1.29 is 4.79 Å². The zero-order valence-corrected chi connectivity index (χ0v) is 15.2. The van der Waals surface area contributed by atoms with E-state index in [1.165, 1.54) is 44.9 Å². The van der Waals surface area contributed by atoms with Crippen LogP contribution in [0, 0.1) is 5.92 Å². The smallest absolute Gasteiger partial charge is 0.220 e. The summed E-state index contributed by atoms with van der Waals surface area (Å²) >= 11 is 0. The molecule has 0 aliphatic carbocycles. The fourth-order valence-corrected chi connectivity index (χ4v) is 4.88. The van der Waals surface area contributed by atoms with Crippen molar-refractivity contribution in [1.29, 1.82) is 0 Å². The van der Waals surface area contributed by atoms with Crippen LogP contribution in [0.1, 0.15) is 69.4 Å². The predicted molar refractivity (Wildman–Crippen MR) is 96.2 cm³/mol. The van der Waals surface area contributed by atoms with Crippen LogP contribution in [0.15, 0.2) is 0 Å². The molecule has 2 saturated heterocycles. The topological polar surface area (TPSA) is 71.8 Å². The maximum absolute atomic E-state index is 12.2. The second kappa shape index (κ2) is 7.85. The van der Waals surface area contributed by atoms with E-state index in [9.17, 15) is 4.79 Å². The molecule has 1 aromatic heterocycles. The van der Waals surface area contributed by atoms with Crippen LogP contribution in [0.2, 0.25) is 0 Å². The summed E-state index contributed by atoms with van der Waals surface area (Å²) in [6.07, 6.45) is 12.3. The molecule has 138 valence electrons. The third kappa shape index (κ3) is 4.22. The summed E-state index contributed by atoms with van der Waals surface area (Å²) in [5, 5.41) is 15.5. The molecular weight excluding hydrogens is 314 g/mol. The SMILES string of the molecule is O=C(CC1CC2CCC(C1)N2)NCCCc1nnc2n1CCCCC2. The Balaban J connectivity index is 1.17. The molecule has 1 aromatic rings. The molecule has 4 rings (SSSR count). The number of nitrogens with one attached hydrogen (secondary N) is 2. The lowest BCUT2D eigenvalue weighted by molar-refractivity contribution is -0.122. The van der Waals surface area contributed by atoms with Gasteiger partial charge in [-0.1, -0.05) is 6.42 Å². The molecule has 1 amide bonds. The van der Waals surface area contributed by atoms with Crippen LogP contribution >= 0.6 is 0 Å². The van der Waals surface area contributed by atoms with Gasteiger partial charge in [0.15, 0.2) is 0 Å². The van der Waals surface area contributed by atoms with E-state index in [1.807, 2.05) is 0 Å². The van der Waals surface area contributed by atoms with Crippen molar-refractivity contribution in [2.45, 2.75) is 89.3 Å². The highest BCUT2D eigenvalue weighted by Crippen LogP contribution is 2.32. The first-order chi connectivity index (χ1) is 12.3. The summed E-state index contributed by atoms with van der Waals surface area (Å²) < 4.78 is 2.31. The average Bonchev–Trinajstić information content (AvgIpc) is 3.05. The molecule has 2 fully saturated rings. The molecule has 2 N–H and O–H groups in total. The van der Waals surface area contributed by atoms with E-state index in [0.29, 0.717) is 24.4 Å². The molecule has 2 bridgehead atoms. The van der Waals surface area contributed by atoms with Crippen LogP contribution in [-0.4, -0.2) is 39.3 Å². The van der Waals surface area contributed by atoms with Crippen molar-refractivity contribution in [3.63, 3.8) is 0 Å². The van der Waals surface area contributed by atoms with E-state index >= 15 is 0 Å². The summed E-state index contributed by atoms with van der Waals surface area (Å²) in [7, 11) is 0.